The Hall–Kier alpha value is -3.47. The molecule has 1 aromatic carbocycles. The Balaban J connectivity index is 2.12. The smallest absolute Gasteiger partial charge is 0.270 e. The van der Waals surface area contributed by atoms with Crippen molar-refractivity contribution in [2.45, 2.75) is 45.6 Å². The fourth-order valence-electron chi connectivity index (χ4n) is 2.65. The minimum atomic E-state index is -0.686. The van der Waals surface area contributed by atoms with Crippen LogP contribution < -0.4 is 10.6 Å². The van der Waals surface area contributed by atoms with E-state index >= 15 is 0 Å². The summed E-state index contributed by atoms with van der Waals surface area (Å²) in [5.41, 5.74) is 0.403. The van der Waals surface area contributed by atoms with Crippen LogP contribution in [0.1, 0.15) is 49.3 Å². The summed E-state index contributed by atoms with van der Waals surface area (Å²) in [7, 11) is 0. The molecule has 2 aromatic rings. The van der Waals surface area contributed by atoms with Crippen LogP contribution in [0.5, 0.6) is 5.75 Å². The van der Waals surface area contributed by atoms with Gasteiger partial charge in [-0.05, 0) is 36.6 Å². The van der Waals surface area contributed by atoms with Gasteiger partial charge in [0.05, 0.1) is 12.5 Å². The lowest BCUT2D eigenvalue weighted by molar-refractivity contribution is -0.115. The summed E-state index contributed by atoms with van der Waals surface area (Å²) in [5.74, 6) is -1.72. The third-order valence-electron chi connectivity index (χ3n) is 4.14. The summed E-state index contributed by atoms with van der Waals surface area (Å²) in [4.78, 5) is 28.2. The molecule has 7 nitrogen and oxygen atoms in total. The number of rotatable bonds is 5. The number of amides is 2. The minimum Gasteiger partial charge on any atom is -0.508 e. The second-order valence-electron chi connectivity index (χ2n) is 7.69. The highest BCUT2D eigenvalue weighted by Gasteiger charge is 2.21. The Morgan fingerprint density at radius 1 is 1.31 bits per heavy atom. The molecule has 1 heterocycles. The summed E-state index contributed by atoms with van der Waals surface area (Å²) in [6.07, 6.45) is 1.05. The summed E-state index contributed by atoms with van der Waals surface area (Å²) in [6, 6.07) is 6.52. The van der Waals surface area contributed by atoms with E-state index in [2.05, 4.69) is 15.6 Å². The molecule has 8 heteroatoms. The molecular weight excluding hydrogens is 375 g/mol. The number of pyridine rings is 1. The highest BCUT2D eigenvalue weighted by atomic mass is 19.1. The number of anilines is 1. The first-order valence-electron chi connectivity index (χ1n) is 8.99. The summed E-state index contributed by atoms with van der Waals surface area (Å²) in [5, 5.41) is 23.9. The second kappa shape index (κ2) is 8.69. The number of benzene rings is 1. The number of halogens is 1. The number of hydrogen-bond donors (Lipinski definition) is 3. The SMILES string of the molecule is CC(C#N)NC(=O)c1cc(NC(=O)Cc2cc(O)c(C(C)(C)C)cc2F)ccn1. The summed E-state index contributed by atoms with van der Waals surface area (Å²) < 4.78 is 14.4. The molecule has 0 saturated carbocycles. The van der Waals surface area contributed by atoms with Gasteiger partial charge >= 0.3 is 0 Å². The largest absolute Gasteiger partial charge is 0.508 e. The van der Waals surface area contributed by atoms with Crippen LogP contribution in [0, 0.1) is 17.1 Å². The predicted molar refractivity (Wildman–Crippen MR) is 106 cm³/mol. The van der Waals surface area contributed by atoms with Crippen molar-refractivity contribution in [1.82, 2.24) is 10.3 Å². The first kappa shape index (κ1) is 21.8. The van der Waals surface area contributed by atoms with Gasteiger partial charge in [0, 0.05) is 23.0 Å². The van der Waals surface area contributed by atoms with Crippen molar-refractivity contribution in [3.63, 3.8) is 0 Å². The van der Waals surface area contributed by atoms with E-state index in [1.165, 1.54) is 37.4 Å². The number of carbonyl (C=O) groups is 2. The van der Waals surface area contributed by atoms with Gasteiger partial charge in [-0.2, -0.15) is 5.26 Å². The molecule has 0 fully saturated rings. The second-order valence-corrected chi connectivity index (χ2v) is 7.69. The molecule has 0 bridgehead atoms. The zero-order valence-corrected chi connectivity index (χ0v) is 16.7. The number of nitriles is 1. The van der Waals surface area contributed by atoms with Crippen molar-refractivity contribution in [3.05, 3.63) is 53.1 Å². The molecule has 152 valence electrons. The van der Waals surface area contributed by atoms with Crippen LogP contribution in [-0.2, 0) is 16.6 Å². The number of aromatic nitrogens is 1. The molecule has 3 N–H and O–H groups in total. The molecule has 0 spiro atoms. The number of phenols is 1. The number of hydrogen-bond acceptors (Lipinski definition) is 5. The molecule has 1 aromatic heterocycles. The van der Waals surface area contributed by atoms with Gasteiger partial charge in [-0.25, -0.2) is 4.39 Å². The Bertz CT molecular complexity index is 977. The lowest BCUT2D eigenvalue weighted by Gasteiger charge is -2.21. The zero-order chi connectivity index (χ0) is 21.8. The van der Waals surface area contributed by atoms with Gasteiger partial charge in [-0.15, -0.1) is 0 Å². The van der Waals surface area contributed by atoms with Gasteiger partial charge in [0.2, 0.25) is 5.91 Å². The maximum atomic E-state index is 14.4. The van der Waals surface area contributed by atoms with Crippen LogP contribution in [0.4, 0.5) is 10.1 Å². The minimum absolute atomic E-state index is 0.0308. The third-order valence-corrected chi connectivity index (χ3v) is 4.14. The number of carbonyl (C=O) groups excluding carboxylic acids is 2. The highest BCUT2D eigenvalue weighted by Crippen LogP contribution is 2.32. The zero-order valence-electron chi connectivity index (χ0n) is 16.7. The van der Waals surface area contributed by atoms with Crippen molar-refractivity contribution >= 4 is 17.5 Å². The Labute approximate surface area is 168 Å². The number of nitrogens with zero attached hydrogens (tertiary/aromatic N) is 2. The number of nitrogens with one attached hydrogen (secondary N) is 2. The van der Waals surface area contributed by atoms with Crippen LogP contribution in [-0.4, -0.2) is 27.9 Å². The van der Waals surface area contributed by atoms with Crippen molar-refractivity contribution in [1.29, 1.82) is 5.26 Å². The van der Waals surface area contributed by atoms with Crippen molar-refractivity contribution in [2.24, 2.45) is 0 Å². The van der Waals surface area contributed by atoms with Gasteiger partial charge in [0.15, 0.2) is 0 Å². The van der Waals surface area contributed by atoms with E-state index < -0.39 is 29.1 Å². The Morgan fingerprint density at radius 2 is 2.00 bits per heavy atom. The third kappa shape index (κ3) is 5.75. The molecule has 0 aliphatic heterocycles. The number of phenolic OH excluding ortho intramolecular Hbond substituents is 1. The van der Waals surface area contributed by atoms with Gasteiger partial charge in [0.1, 0.15) is 23.3 Å². The van der Waals surface area contributed by atoms with E-state index in [4.69, 9.17) is 5.26 Å². The molecule has 0 radical (unpaired) electrons. The van der Waals surface area contributed by atoms with Crippen LogP contribution in [0.3, 0.4) is 0 Å². The van der Waals surface area contributed by atoms with Gasteiger partial charge in [-0.1, -0.05) is 20.8 Å². The maximum absolute atomic E-state index is 14.4. The van der Waals surface area contributed by atoms with Crippen LogP contribution in [0.15, 0.2) is 30.5 Å². The van der Waals surface area contributed by atoms with Crippen LogP contribution in [0.25, 0.3) is 0 Å². The molecule has 29 heavy (non-hydrogen) atoms. The number of aromatic hydroxyl groups is 1. The van der Waals surface area contributed by atoms with Gasteiger partial charge in [-0.3, -0.25) is 14.6 Å². The summed E-state index contributed by atoms with van der Waals surface area (Å²) >= 11 is 0. The van der Waals surface area contributed by atoms with Gasteiger partial charge < -0.3 is 15.7 Å². The van der Waals surface area contributed by atoms with Crippen LogP contribution >= 0.6 is 0 Å². The standard InChI is InChI=1S/C21H23FN4O3/c1-12(11-23)25-20(29)17-9-14(5-6-24-17)26-19(28)8-13-7-18(27)15(10-16(13)22)21(2,3)4/h5-7,9-10,12,27H,8H2,1-4H3,(H,25,29)(H,24,26,28). The first-order chi connectivity index (χ1) is 13.5. The predicted octanol–water partition coefficient (Wildman–Crippen LogP) is 3.05. The van der Waals surface area contributed by atoms with Crippen molar-refractivity contribution < 1.29 is 19.1 Å². The normalized spacial score (nSPS) is 12.0. The average Bonchev–Trinajstić information content (AvgIpc) is 2.63. The molecule has 2 rings (SSSR count). The van der Waals surface area contributed by atoms with E-state index in [0.29, 0.717) is 11.3 Å². The topological polar surface area (TPSA) is 115 Å². The Morgan fingerprint density at radius 3 is 2.62 bits per heavy atom. The van der Waals surface area contributed by atoms with E-state index in [1.807, 2.05) is 26.8 Å². The highest BCUT2D eigenvalue weighted by molar-refractivity contribution is 5.96. The lowest BCUT2D eigenvalue weighted by Crippen LogP contribution is -2.32. The fourth-order valence-corrected chi connectivity index (χ4v) is 2.65. The molecular formula is C21H23FN4O3. The monoisotopic (exact) mass is 398 g/mol. The first-order valence-corrected chi connectivity index (χ1v) is 8.99. The quantitative estimate of drug-likeness (QED) is 0.716. The molecule has 2 amide bonds. The Kier molecular flexibility index (Phi) is 6.54. The molecule has 0 saturated heterocycles. The van der Waals surface area contributed by atoms with Crippen molar-refractivity contribution in [2.75, 3.05) is 5.32 Å². The lowest BCUT2D eigenvalue weighted by atomic mass is 9.85. The van der Waals surface area contributed by atoms with E-state index in [1.54, 1.807) is 0 Å². The van der Waals surface area contributed by atoms with Crippen molar-refractivity contribution in [3.8, 4) is 11.8 Å². The maximum Gasteiger partial charge on any atom is 0.270 e. The fraction of sp³-hybridized carbons (Fsp3) is 0.333. The molecule has 1 unspecified atom stereocenters. The van der Waals surface area contributed by atoms with E-state index in [-0.39, 0.29) is 23.4 Å². The van der Waals surface area contributed by atoms with E-state index in [9.17, 15) is 19.1 Å². The average molecular weight is 398 g/mol. The summed E-state index contributed by atoms with van der Waals surface area (Å²) in [6.45, 7) is 7.08. The molecule has 1 atom stereocenters. The molecule has 0 aliphatic carbocycles. The van der Waals surface area contributed by atoms with Crippen LogP contribution in [0.2, 0.25) is 0 Å². The van der Waals surface area contributed by atoms with Gasteiger partial charge in [0.25, 0.3) is 5.91 Å². The molecule has 0 aliphatic rings. The van der Waals surface area contributed by atoms with E-state index in [0.717, 1.165) is 0 Å².